The molecule has 0 unspecified atom stereocenters. The fraction of sp³-hybridized carbons (Fsp3) is 0.167. The molecule has 0 saturated carbocycles. The second-order valence-electron chi connectivity index (χ2n) is 4.03. The summed E-state index contributed by atoms with van der Waals surface area (Å²) in [7, 11) is 1.59. The first kappa shape index (κ1) is 13.0. The maximum atomic E-state index is 12.2. The zero-order chi connectivity index (χ0) is 14.1. The molecule has 2 aromatic heterocycles. The number of aromatic nitrogens is 4. The third-order valence-corrected chi connectivity index (χ3v) is 3.73. The van der Waals surface area contributed by atoms with Gasteiger partial charge in [-0.1, -0.05) is 23.5 Å². The van der Waals surface area contributed by atoms with Gasteiger partial charge in [-0.15, -0.1) is 15.3 Å². The zero-order valence-corrected chi connectivity index (χ0v) is 12.0. The van der Waals surface area contributed by atoms with Crippen LogP contribution in [0.15, 0.2) is 29.1 Å². The summed E-state index contributed by atoms with van der Waals surface area (Å²) in [6, 6.07) is 7.44. The number of methoxy groups -OCH3 is 1. The molecule has 0 bridgehead atoms. The molecule has 3 rings (SSSR count). The smallest absolute Gasteiger partial charge is 0.297 e. The highest BCUT2D eigenvalue weighted by molar-refractivity contribution is 7.20. The average molecular weight is 309 g/mol. The number of fused-ring (bicyclic) bond motifs is 1. The van der Waals surface area contributed by atoms with Gasteiger partial charge in [-0.25, -0.2) is 0 Å². The van der Waals surface area contributed by atoms with Gasteiger partial charge in [0.2, 0.25) is 9.43 Å². The van der Waals surface area contributed by atoms with Crippen LogP contribution in [-0.4, -0.2) is 26.9 Å². The predicted molar refractivity (Wildman–Crippen MR) is 75.7 cm³/mol. The Morgan fingerprint density at radius 3 is 3.05 bits per heavy atom. The third kappa shape index (κ3) is 2.37. The Kier molecular flexibility index (Phi) is 3.37. The van der Waals surface area contributed by atoms with Crippen LogP contribution in [0.4, 0.5) is 0 Å². The van der Waals surface area contributed by atoms with Crippen molar-refractivity contribution in [1.82, 2.24) is 19.8 Å². The normalized spacial score (nSPS) is 10.9. The molecule has 0 aliphatic carbocycles. The first-order valence-electron chi connectivity index (χ1n) is 5.71. The maximum absolute atomic E-state index is 12.2. The van der Waals surface area contributed by atoms with Gasteiger partial charge in [-0.05, 0) is 29.3 Å². The van der Waals surface area contributed by atoms with Crippen molar-refractivity contribution in [1.29, 1.82) is 0 Å². The summed E-state index contributed by atoms with van der Waals surface area (Å²) >= 11 is 6.88. The largest absolute Gasteiger partial charge is 0.497 e. The summed E-state index contributed by atoms with van der Waals surface area (Å²) in [6.07, 6.45) is 0.362. The molecule has 0 atom stereocenters. The molecule has 0 spiro atoms. The molecule has 102 valence electrons. The van der Waals surface area contributed by atoms with E-state index in [1.807, 2.05) is 24.3 Å². The van der Waals surface area contributed by atoms with Gasteiger partial charge in [0.25, 0.3) is 5.56 Å². The second-order valence-corrected chi connectivity index (χ2v) is 5.57. The van der Waals surface area contributed by atoms with E-state index >= 15 is 0 Å². The molecule has 8 heteroatoms. The van der Waals surface area contributed by atoms with Crippen molar-refractivity contribution in [2.45, 2.75) is 6.42 Å². The Bertz CT molecular complexity index is 830. The molecule has 2 heterocycles. The van der Waals surface area contributed by atoms with E-state index < -0.39 is 0 Å². The SMILES string of the molecule is COc1cccc(Cc2nnc3sc(Cl)nn3c2=O)c1. The van der Waals surface area contributed by atoms with E-state index in [-0.39, 0.29) is 10.0 Å². The minimum Gasteiger partial charge on any atom is -0.497 e. The van der Waals surface area contributed by atoms with Crippen LogP contribution in [-0.2, 0) is 6.42 Å². The van der Waals surface area contributed by atoms with Crippen LogP contribution in [0.3, 0.4) is 0 Å². The van der Waals surface area contributed by atoms with Crippen LogP contribution in [0, 0.1) is 0 Å². The molecular weight excluding hydrogens is 300 g/mol. The van der Waals surface area contributed by atoms with Crippen LogP contribution < -0.4 is 10.3 Å². The Balaban J connectivity index is 2.02. The number of ether oxygens (including phenoxy) is 1. The first-order chi connectivity index (χ1) is 9.67. The van der Waals surface area contributed by atoms with Crippen molar-refractivity contribution in [3.8, 4) is 5.75 Å². The first-order valence-corrected chi connectivity index (χ1v) is 6.90. The van der Waals surface area contributed by atoms with E-state index in [1.165, 1.54) is 4.52 Å². The Hall–Kier alpha value is -1.99. The number of halogens is 1. The highest BCUT2D eigenvalue weighted by atomic mass is 35.5. The lowest BCUT2D eigenvalue weighted by Gasteiger charge is -2.03. The fourth-order valence-corrected chi connectivity index (χ4v) is 2.66. The molecule has 0 saturated heterocycles. The van der Waals surface area contributed by atoms with E-state index in [1.54, 1.807) is 7.11 Å². The van der Waals surface area contributed by atoms with Crippen LogP contribution in [0.5, 0.6) is 5.75 Å². The lowest BCUT2D eigenvalue weighted by atomic mass is 10.1. The summed E-state index contributed by atoms with van der Waals surface area (Å²) < 4.78 is 6.58. The molecule has 0 N–H and O–H groups in total. The van der Waals surface area contributed by atoms with E-state index in [0.717, 1.165) is 22.6 Å². The summed E-state index contributed by atoms with van der Waals surface area (Å²) in [4.78, 5) is 12.6. The van der Waals surface area contributed by atoms with Crippen LogP contribution in [0.1, 0.15) is 11.3 Å². The van der Waals surface area contributed by atoms with Crippen molar-refractivity contribution >= 4 is 27.9 Å². The minimum atomic E-state index is -0.305. The van der Waals surface area contributed by atoms with Crippen molar-refractivity contribution in [3.63, 3.8) is 0 Å². The van der Waals surface area contributed by atoms with Gasteiger partial charge in [-0.2, -0.15) is 4.52 Å². The molecule has 0 aliphatic rings. The number of hydrogen-bond acceptors (Lipinski definition) is 6. The standard InChI is InChI=1S/C12H9ClN4O2S/c1-19-8-4-2-3-7(5-8)6-9-10(18)17-12(15-14-9)20-11(13)16-17/h2-5H,6H2,1H3. The lowest BCUT2D eigenvalue weighted by Crippen LogP contribution is -2.22. The highest BCUT2D eigenvalue weighted by Gasteiger charge is 2.11. The van der Waals surface area contributed by atoms with E-state index in [0.29, 0.717) is 17.1 Å². The van der Waals surface area contributed by atoms with Crippen LogP contribution in [0.25, 0.3) is 4.96 Å². The Morgan fingerprint density at radius 2 is 2.25 bits per heavy atom. The molecule has 6 nitrogen and oxygen atoms in total. The second kappa shape index (κ2) is 5.18. The van der Waals surface area contributed by atoms with Crippen molar-refractivity contribution in [2.75, 3.05) is 7.11 Å². The van der Waals surface area contributed by atoms with Gasteiger partial charge in [0, 0.05) is 6.42 Å². The predicted octanol–water partition coefficient (Wildman–Crippen LogP) is 1.80. The minimum absolute atomic E-state index is 0.259. The number of nitrogens with zero attached hydrogens (tertiary/aromatic N) is 4. The van der Waals surface area contributed by atoms with Gasteiger partial charge in [-0.3, -0.25) is 4.79 Å². The van der Waals surface area contributed by atoms with E-state index in [9.17, 15) is 4.79 Å². The molecule has 0 aliphatic heterocycles. The maximum Gasteiger partial charge on any atom is 0.297 e. The number of hydrogen-bond donors (Lipinski definition) is 0. The topological polar surface area (TPSA) is 69.4 Å². The van der Waals surface area contributed by atoms with E-state index in [2.05, 4.69) is 15.3 Å². The van der Waals surface area contributed by atoms with Gasteiger partial charge in [0.05, 0.1) is 7.11 Å². The molecule has 1 aromatic carbocycles. The molecule has 20 heavy (non-hydrogen) atoms. The summed E-state index contributed by atoms with van der Waals surface area (Å²) in [5.74, 6) is 0.730. The monoisotopic (exact) mass is 308 g/mol. The van der Waals surface area contributed by atoms with Gasteiger partial charge in [0.15, 0.2) is 0 Å². The summed E-state index contributed by atoms with van der Waals surface area (Å²) in [5, 5.41) is 11.8. The Morgan fingerprint density at radius 1 is 1.40 bits per heavy atom. The van der Waals surface area contributed by atoms with Gasteiger partial charge < -0.3 is 4.74 Å². The number of rotatable bonds is 3. The van der Waals surface area contributed by atoms with Crippen LogP contribution >= 0.6 is 22.9 Å². The molecule has 0 amide bonds. The van der Waals surface area contributed by atoms with Crippen LogP contribution in [0.2, 0.25) is 4.47 Å². The van der Waals surface area contributed by atoms with Gasteiger partial charge in [0.1, 0.15) is 11.4 Å². The highest BCUT2D eigenvalue weighted by Crippen LogP contribution is 2.16. The van der Waals surface area contributed by atoms with E-state index in [4.69, 9.17) is 16.3 Å². The van der Waals surface area contributed by atoms with Gasteiger partial charge >= 0.3 is 0 Å². The fourth-order valence-electron chi connectivity index (χ4n) is 1.81. The molecule has 3 aromatic rings. The third-order valence-electron chi connectivity index (χ3n) is 2.74. The number of benzene rings is 1. The summed E-state index contributed by atoms with van der Waals surface area (Å²) in [5.41, 5.74) is 0.927. The molecule has 0 fully saturated rings. The molecule has 0 radical (unpaired) electrons. The Labute approximate surface area is 122 Å². The van der Waals surface area contributed by atoms with Crippen molar-refractivity contribution < 1.29 is 4.74 Å². The van der Waals surface area contributed by atoms with Crippen molar-refractivity contribution in [3.05, 3.63) is 50.3 Å². The average Bonchev–Trinajstić information content (AvgIpc) is 2.84. The quantitative estimate of drug-likeness (QED) is 0.738. The zero-order valence-electron chi connectivity index (χ0n) is 10.4. The lowest BCUT2D eigenvalue weighted by molar-refractivity contribution is 0.414. The van der Waals surface area contributed by atoms with Crippen molar-refractivity contribution in [2.24, 2.45) is 0 Å². The molecular formula is C12H9ClN4O2S. The summed E-state index contributed by atoms with van der Waals surface area (Å²) in [6.45, 7) is 0.